The topological polar surface area (TPSA) is 17.1 Å². The highest BCUT2D eigenvalue weighted by molar-refractivity contribution is 7.14. The zero-order chi connectivity index (χ0) is 14.1. The van der Waals surface area contributed by atoms with Crippen molar-refractivity contribution in [2.75, 3.05) is 0 Å². The Labute approximate surface area is 122 Å². The molecule has 0 saturated heterocycles. The lowest BCUT2D eigenvalue weighted by Gasteiger charge is -2.08. The number of carbonyl (C=O) groups excluding carboxylic acids is 1. The Morgan fingerprint density at radius 3 is 2.80 bits per heavy atom. The van der Waals surface area contributed by atoms with Gasteiger partial charge in [0.25, 0.3) is 0 Å². The highest BCUT2D eigenvalue weighted by Gasteiger charge is 2.17. The molecule has 20 heavy (non-hydrogen) atoms. The molecule has 1 aromatic carbocycles. The maximum absolute atomic E-state index is 13.1. The fraction of sp³-hybridized carbons (Fsp3) is 0.353. The van der Waals surface area contributed by atoms with Crippen molar-refractivity contribution in [2.24, 2.45) is 0 Å². The molecule has 0 spiro atoms. The van der Waals surface area contributed by atoms with Gasteiger partial charge in [-0.2, -0.15) is 0 Å². The molecule has 1 aliphatic rings. The quantitative estimate of drug-likeness (QED) is 0.760. The van der Waals surface area contributed by atoms with Gasteiger partial charge in [0, 0.05) is 11.3 Å². The van der Waals surface area contributed by atoms with Gasteiger partial charge in [0.1, 0.15) is 5.82 Å². The first-order valence-corrected chi connectivity index (χ1v) is 7.85. The van der Waals surface area contributed by atoms with Crippen LogP contribution in [0.3, 0.4) is 0 Å². The smallest absolute Gasteiger partial charge is 0.177 e. The molecule has 0 amide bonds. The monoisotopic (exact) mass is 288 g/mol. The van der Waals surface area contributed by atoms with Crippen LogP contribution in [0.25, 0.3) is 0 Å². The molecule has 1 aromatic heterocycles. The number of rotatable bonds is 3. The van der Waals surface area contributed by atoms with E-state index in [0.29, 0.717) is 6.42 Å². The fourth-order valence-electron chi connectivity index (χ4n) is 2.75. The second-order valence-corrected chi connectivity index (χ2v) is 6.57. The number of hydrogen-bond acceptors (Lipinski definition) is 2. The number of hydrogen-bond donors (Lipinski definition) is 0. The summed E-state index contributed by atoms with van der Waals surface area (Å²) in [6, 6.07) is 6.70. The summed E-state index contributed by atoms with van der Waals surface area (Å²) in [5.74, 6) is -0.0932. The molecular weight excluding hydrogens is 271 g/mol. The van der Waals surface area contributed by atoms with Crippen LogP contribution in [0.1, 0.15) is 44.1 Å². The van der Waals surface area contributed by atoms with Crippen molar-refractivity contribution in [3.8, 4) is 0 Å². The van der Waals surface area contributed by atoms with Gasteiger partial charge in [0.15, 0.2) is 5.78 Å². The zero-order valence-electron chi connectivity index (χ0n) is 11.5. The van der Waals surface area contributed by atoms with Crippen LogP contribution in [-0.2, 0) is 19.3 Å². The molecule has 1 nitrogen and oxygen atoms in total. The first kappa shape index (κ1) is 13.5. The van der Waals surface area contributed by atoms with Gasteiger partial charge in [0.2, 0.25) is 0 Å². The Morgan fingerprint density at radius 1 is 1.25 bits per heavy atom. The largest absolute Gasteiger partial charge is 0.293 e. The zero-order valence-corrected chi connectivity index (χ0v) is 12.4. The Morgan fingerprint density at radius 2 is 2.05 bits per heavy atom. The lowest BCUT2D eigenvalue weighted by molar-refractivity contribution is 0.0996. The van der Waals surface area contributed by atoms with E-state index in [1.54, 1.807) is 17.4 Å². The van der Waals surface area contributed by atoms with E-state index in [9.17, 15) is 9.18 Å². The van der Waals surface area contributed by atoms with Crippen molar-refractivity contribution in [2.45, 2.75) is 39.0 Å². The molecule has 0 radical (unpaired) electrons. The molecule has 1 aliphatic carbocycles. The Bertz CT molecular complexity index is 634. The lowest BCUT2D eigenvalue weighted by atomic mass is 9.98. The van der Waals surface area contributed by atoms with E-state index >= 15 is 0 Å². The fourth-order valence-corrected chi connectivity index (χ4v) is 3.94. The second kappa shape index (κ2) is 5.49. The van der Waals surface area contributed by atoms with Gasteiger partial charge in [-0.05, 0) is 67.5 Å². The van der Waals surface area contributed by atoms with E-state index in [1.165, 1.54) is 35.4 Å². The molecular formula is C17H17FOS. The third-order valence-corrected chi connectivity index (χ3v) is 5.21. The predicted molar refractivity (Wildman–Crippen MR) is 80.1 cm³/mol. The molecule has 2 aromatic rings. The minimum absolute atomic E-state index is 0.152. The van der Waals surface area contributed by atoms with Crippen LogP contribution < -0.4 is 0 Å². The van der Waals surface area contributed by atoms with Gasteiger partial charge < -0.3 is 0 Å². The third-order valence-electron chi connectivity index (χ3n) is 3.93. The van der Waals surface area contributed by atoms with Gasteiger partial charge in [0.05, 0.1) is 4.88 Å². The number of fused-ring (bicyclic) bond motifs is 1. The van der Waals surface area contributed by atoms with Crippen molar-refractivity contribution >= 4 is 17.1 Å². The van der Waals surface area contributed by atoms with Gasteiger partial charge in [-0.1, -0.05) is 6.07 Å². The Balaban J connectivity index is 1.80. The standard InChI is InChI=1S/C17H17FOS/c1-11-8-14(18)7-6-12(11)9-15(19)17-10-13-4-2-3-5-16(13)20-17/h6-8,10H,2-5,9H2,1H3. The molecule has 3 rings (SSSR count). The molecule has 1 heterocycles. The number of thiophene rings is 1. The van der Waals surface area contributed by atoms with Crippen molar-refractivity contribution in [1.82, 2.24) is 0 Å². The van der Waals surface area contributed by atoms with Crippen molar-refractivity contribution < 1.29 is 9.18 Å². The first-order chi connectivity index (χ1) is 9.63. The van der Waals surface area contributed by atoms with E-state index in [1.807, 2.05) is 6.92 Å². The molecule has 104 valence electrons. The van der Waals surface area contributed by atoms with Crippen LogP contribution in [0.15, 0.2) is 24.3 Å². The molecule has 0 saturated carbocycles. The van der Waals surface area contributed by atoms with Crippen LogP contribution in [0, 0.1) is 12.7 Å². The maximum atomic E-state index is 13.1. The van der Waals surface area contributed by atoms with E-state index < -0.39 is 0 Å². The normalized spacial score (nSPS) is 14.1. The summed E-state index contributed by atoms with van der Waals surface area (Å²) < 4.78 is 13.1. The Hall–Kier alpha value is -1.48. The summed E-state index contributed by atoms with van der Waals surface area (Å²) in [5, 5.41) is 0. The lowest BCUT2D eigenvalue weighted by Crippen LogP contribution is -2.03. The minimum Gasteiger partial charge on any atom is -0.293 e. The van der Waals surface area contributed by atoms with Crippen molar-refractivity contribution in [1.29, 1.82) is 0 Å². The average Bonchev–Trinajstić information content (AvgIpc) is 2.86. The van der Waals surface area contributed by atoms with Crippen LogP contribution in [0.2, 0.25) is 0 Å². The van der Waals surface area contributed by atoms with E-state index in [-0.39, 0.29) is 11.6 Å². The highest BCUT2D eigenvalue weighted by Crippen LogP contribution is 2.30. The van der Waals surface area contributed by atoms with Gasteiger partial charge in [-0.25, -0.2) is 4.39 Å². The molecule has 0 fully saturated rings. The average molecular weight is 288 g/mol. The second-order valence-electron chi connectivity index (χ2n) is 5.44. The van der Waals surface area contributed by atoms with Gasteiger partial charge in [-0.15, -0.1) is 11.3 Å². The number of Topliss-reactive ketones (excluding diaryl/α,β-unsaturated/α-hetero) is 1. The SMILES string of the molecule is Cc1cc(F)ccc1CC(=O)c1cc2c(s1)CCCC2. The summed E-state index contributed by atoms with van der Waals surface area (Å²) in [6.07, 6.45) is 5.05. The van der Waals surface area contributed by atoms with Crippen molar-refractivity contribution in [3.05, 3.63) is 56.5 Å². The van der Waals surface area contributed by atoms with E-state index in [0.717, 1.165) is 28.8 Å². The first-order valence-electron chi connectivity index (χ1n) is 7.03. The maximum Gasteiger partial charge on any atom is 0.177 e. The van der Waals surface area contributed by atoms with E-state index in [4.69, 9.17) is 0 Å². The summed E-state index contributed by atoms with van der Waals surface area (Å²) >= 11 is 1.65. The summed E-state index contributed by atoms with van der Waals surface area (Å²) in [5.41, 5.74) is 3.13. The molecule has 0 aliphatic heterocycles. The number of benzene rings is 1. The van der Waals surface area contributed by atoms with Crippen LogP contribution in [0.4, 0.5) is 4.39 Å². The number of carbonyl (C=O) groups is 1. The highest BCUT2D eigenvalue weighted by atomic mass is 32.1. The molecule has 0 bridgehead atoms. The number of halogens is 1. The molecule has 0 unspecified atom stereocenters. The molecule has 0 atom stereocenters. The predicted octanol–water partition coefficient (Wildman–Crippen LogP) is 4.50. The summed E-state index contributed by atoms with van der Waals surface area (Å²) in [6.45, 7) is 1.85. The summed E-state index contributed by atoms with van der Waals surface area (Å²) in [7, 11) is 0. The van der Waals surface area contributed by atoms with Crippen LogP contribution >= 0.6 is 11.3 Å². The number of ketones is 1. The minimum atomic E-state index is -0.245. The van der Waals surface area contributed by atoms with Crippen LogP contribution in [0.5, 0.6) is 0 Å². The molecule has 3 heteroatoms. The van der Waals surface area contributed by atoms with Crippen LogP contribution in [-0.4, -0.2) is 5.78 Å². The van der Waals surface area contributed by atoms with E-state index in [2.05, 4.69) is 6.07 Å². The van der Waals surface area contributed by atoms with Gasteiger partial charge >= 0.3 is 0 Å². The molecule has 0 N–H and O–H groups in total. The Kier molecular flexibility index (Phi) is 3.70. The van der Waals surface area contributed by atoms with Crippen molar-refractivity contribution in [3.63, 3.8) is 0 Å². The third kappa shape index (κ3) is 2.68. The number of aryl methyl sites for hydroxylation is 3. The summed E-state index contributed by atoms with van der Waals surface area (Å²) in [4.78, 5) is 14.6. The van der Waals surface area contributed by atoms with Gasteiger partial charge in [-0.3, -0.25) is 4.79 Å².